The van der Waals surface area contributed by atoms with Gasteiger partial charge in [0.25, 0.3) is 10.0 Å². The van der Waals surface area contributed by atoms with E-state index in [9.17, 15) is 8.42 Å². The van der Waals surface area contributed by atoms with E-state index in [-0.39, 0.29) is 40.5 Å². The van der Waals surface area contributed by atoms with E-state index in [0.29, 0.717) is 16.7 Å². The highest BCUT2D eigenvalue weighted by Crippen LogP contribution is 2.43. The average Bonchev–Trinajstić information content (AvgIpc) is 3.38. The van der Waals surface area contributed by atoms with Crippen molar-refractivity contribution in [3.05, 3.63) is 41.4 Å². The topological polar surface area (TPSA) is 105 Å². The van der Waals surface area contributed by atoms with Gasteiger partial charge in [-0.3, -0.25) is 0 Å². The predicted molar refractivity (Wildman–Crippen MR) is 224 cm³/mol. The molecule has 2 heterocycles. The Labute approximate surface area is 330 Å². The SMILES string of the molecule is CC(C)(C)C1CC=C(B2OC(C)(C)C(C)(C)O2)CC1.CC(C)OB1OC(C)(C)C(C)(C)O1.Cc1ccc(S(=O)(=O)NN=C2CCC(C(C)(C)C)CC2)cc1. The highest BCUT2D eigenvalue weighted by molar-refractivity contribution is 7.89. The third-order valence-electron chi connectivity index (χ3n) is 12.3. The number of rotatable bonds is 6. The lowest BCUT2D eigenvalue weighted by molar-refractivity contribution is 0.00578. The lowest BCUT2D eigenvalue weighted by Crippen LogP contribution is -2.41. The summed E-state index contributed by atoms with van der Waals surface area (Å²) in [7, 11) is -4.21. The standard InChI is InChI=1S/C17H26N2O2S.C16H29BO2.C9H19BO3/c1-13-5-11-16(12-6-13)22(20,21)19-18-15-9-7-14(8-10-15)17(2,3)4;1-14(2,3)12-8-10-13(11-9-12)17-18-15(4,5)16(6,7)19-17;1-7(2)11-10-12-8(3,4)9(5,6)13-10/h5-6,11-12,14,19H,7-10H2,1-4H3;10,12H,8-9,11H2,1-7H3;7H,1-6H3. The summed E-state index contributed by atoms with van der Waals surface area (Å²) in [5.41, 5.74) is 3.00. The van der Waals surface area contributed by atoms with Crippen molar-refractivity contribution < 1.29 is 31.7 Å². The fourth-order valence-electron chi connectivity index (χ4n) is 6.74. The highest BCUT2D eigenvalue weighted by atomic mass is 32.2. The van der Waals surface area contributed by atoms with Crippen LogP contribution in [-0.4, -0.2) is 57.1 Å². The quantitative estimate of drug-likeness (QED) is 0.227. The van der Waals surface area contributed by atoms with Gasteiger partial charge in [-0.05, 0) is 161 Å². The summed E-state index contributed by atoms with van der Waals surface area (Å²) >= 11 is 0. The molecule has 0 aromatic heterocycles. The minimum absolute atomic E-state index is 0.120. The smallest absolute Gasteiger partial charge is 0.400 e. The van der Waals surface area contributed by atoms with Crippen LogP contribution in [-0.2, 0) is 33.3 Å². The Morgan fingerprint density at radius 1 is 0.741 bits per heavy atom. The summed E-state index contributed by atoms with van der Waals surface area (Å²) in [6.45, 7) is 36.2. The predicted octanol–water partition coefficient (Wildman–Crippen LogP) is 10.3. The molecule has 4 aliphatic rings. The van der Waals surface area contributed by atoms with Gasteiger partial charge in [0.2, 0.25) is 0 Å². The molecular formula is C42H74B2N2O7S. The number of nitrogens with zero attached hydrogens (tertiary/aromatic N) is 1. The minimum atomic E-state index is -3.56. The molecule has 2 aliphatic heterocycles. The average molecular weight is 773 g/mol. The third kappa shape index (κ3) is 12.7. The van der Waals surface area contributed by atoms with Gasteiger partial charge in [-0.15, -0.1) is 0 Å². The maximum Gasteiger partial charge on any atom is 0.640 e. The number of hydrogen-bond acceptors (Lipinski definition) is 8. The molecule has 2 saturated heterocycles. The monoisotopic (exact) mass is 773 g/mol. The molecule has 1 saturated carbocycles. The third-order valence-corrected chi connectivity index (χ3v) is 13.5. The van der Waals surface area contributed by atoms with Crippen LogP contribution in [0.5, 0.6) is 0 Å². The maximum absolute atomic E-state index is 12.2. The van der Waals surface area contributed by atoms with Gasteiger partial charge in [0.1, 0.15) is 0 Å². The van der Waals surface area contributed by atoms with Crippen LogP contribution in [0.4, 0.5) is 0 Å². The van der Waals surface area contributed by atoms with Crippen LogP contribution in [0.2, 0.25) is 0 Å². The molecule has 3 fully saturated rings. The minimum Gasteiger partial charge on any atom is -0.400 e. The second-order valence-electron chi connectivity index (χ2n) is 20.2. The van der Waals surface area contributed by atoms with Gasteiger partial charge in [0.15, 0.2) is 0 Å². The zero-order valence-electron chi connectivity index (χ0n) is 36.9. The van der Waals surface area contributed by atoms with E-state index < -0.39 is 17.3 Å². The molecule has 54 heavy (non-hydrogen) atoms. The van der Waals surface area contributed by atoms with Crippen molar-refractivity contribution in [2.45, 2.75) is 196 Å². The van der Waals surface area contributed by atoms with Crippen molar-refractivity contribution in [1.82, 2.24) is 4.83 Å². The van der Waals surface area contributed by atoms with Crippen LogP contribution in [0.3, 0.4) is 0 Å². The van der Waals surface area contributed by atoms with Crippen molar-refractivity contribution in [3.8, 4) is 0 Å². The number of nitrogens with one attached hydrogen (secondary N) is 1. The zero-order chi connectivity index (χ0) is 41.1. The van der Waals surface area contributed by atoms with Crippen molar-refractivity contribution in [2.75, 3.05) is 0 Å². The van der Waals surface area contributed by atoms with Gasteiger partial charge in [0.05, 0.1) is 27.3 Å². The molecule has 5 rings (SSSR count). The molecule has 1 aromatic rings. The second kappa shape index (κ2) is 17.4. The molecule has 1 N–H and O–H groups in total. The number of sulfonamides is 1. The van der Waals surface area contributed by atoms with Crippen LogP contribution in [0, 0.1) is 29.6 Å². The molecule has 0 bridgehead atoms. The van der Waals surface area contributed by atoms with Crippen LogP contribution in [0.15, 0.2) is 45.8 Å². The summed E-state index contributed by atoms with van der Waals surface area (Å²) in [6, 6.07) is 6.79. The van der Waals surface area contributed by atoms with Gasteiger partial charge in [-0.2, -0.15) is 13.5 Å². The Hall–Kier alpha value is -1.69. The fourth-order valence-corrected chi connectivity index (χ4v) is 7.59. The molecule has 2 aliphatic carbocycles. The summed E-state index contributed by atoms with van der Waals surface area (Å²) in [4.78, 5) is 2.63. The van der Waals surface area contributed by atoms with Crippen molar-refractivity contribution in [1.29, 1.82) is 0 Å². The Morgan fingerprint density at radius 2 is 1.19 bits per heavy atom. The molecule has 0 amide bonds. The summed E-state index contributed by atoms with van der Waals surface area (Å²) < 4.78 is 53.3. The van der Waals surface area contributed by atoms with Crippen LogP contribution >= 0.6 is 0 Å². The molecule has 9 nitrogen and oxygen atoms in total. The number of aryl methyl sites for hydroxylation is 1. The highest BCUT2D eigenvalue weighted by Gasteiger charge is 2.54. The van der Waals surface area contributed by atoms with Gasteiger partial charge in [-0.1, -0.05) is 65.3 Å². The fraction of sp³-hybridized carbons (Fsp3) is 0.786. The molecule has 1 atom stereocenters. The first-order valence-corrected chi connectivity index (χ1v) is 21.6. The maximum atomic E-state index is 12.2. The zero-order valence-corrected chi connectivity index (χ0v) is 37.8. The van der Waals surface area contributed by atoms with E-state index >= 15 is 0 Å². The first-order valence-electron chi connectivity index (χ1n) is 20.2. The van der Waals surface area contributed by atoms with Crippen LogP contribution in [0.25, 0.3) is 0 Å². The molecular weight excluding hydrogens is 698 g/mol. The largest absolute Gasteiger partial charge is 0.640 e. The number of hydrazone groups is 1. The van der Waals surface area contributed by atoms with Gasteiger partial charge < -0.3 is 23.3 Å². The number of hydrogen-bond donors (Lipinski definition) is 1. The van der Waals surface area contributed by atoms with Crippen molar-refractivity contribution in [3.63, 3.8) is 0 Å². The van der Waals surface area contributed by atoms with Crippen LogP contribution in [0.1, 0.15) is 161 Å². The second-order valence-corrected chi connectivity index (χ2v) is 21.8. The lowest BCUT2D eigenvalue weighted by Gasteiger charge is -2.34. The van der Waals surface area contributed by atoms with Gasteiger partial charge in [-0.25, -0.2) is 4.83 Å². The van der Waals surface area contributed by atoms with E-state index in [1.165, 1.54) is 11.9 Å². The Bertz CT molecular complexity index is 1510. The summed E-state index contributed by atoms with van der Waals surface area (Å²) in [5.74, 6) is 1.46. The normalized spacial score (nSPS) is 24.9. The van der Waals surface area contributed by atoms with Gasteiger partial charge in [0, 0.05) is 11.8 Å². The van der Waals surface area contributed by atoms with Crippen molar-refractivity contribution in [2.24, 2.45) is 27.8 Å². The van der Waals surface area contributed by atoms with E-state index in [0.717, 1.165) is 55.7 Å². The van der Waals surface area contributed by atoms with E-state index in [1.807, 2.05) is 48.5 Å². The molecule has 0 spiro atoms. The van der Waals surface area contributed by atoms with E-state index in [2.05, 4.69) is 85.2 Å². The van der Waals surface area contributed by atoms with Crippen molar-refractivity contribution >= 4 is 30.2 Å². The Morgan fingerprint density at radius 3 is 1.59 bits per heavy atom. The number of allylic oxidation sites excluding steroid dienone is 2. The van der Waals surface area contributed by atoms with E-state index in [1.54, 1.807) is 24.3 Å². The Kier molecular flexibility index (Phi) is 15.1. The molecule has 306 valence electrons. The Balaban J connectivity index is 0.000000225. The van der Waals surface area contributed by atoms with E-state index in [4.69, 9.17) is 23.3 Å². The molecule has 0 radical (unpaired) electrons. The summed E-state index contributed by atoms with van der Waals surface area (Å²) in [6.07, 6.45) is 9.90. The van der Waals surface area contributed by atoms with Crippen LogP contribution < -0.4 is 4.83 Å². The number of benzene rings is 1. The molecule has 1 aromatic carbocycles. The first kappa shape index (κ1) is 46.7. The lowest BCUT2D eigenvalue weighted by atomic mass is 9.66. The molecule has 1 unspecified atom stereocenters. The first-order chi connectivity index (χ1) is 24.5. The summed E-state index contributed by atoms with van der Waals surface area (Å²) in [5, 5.41) is 4.15. The molecule has 12 heteroatoms. The van der Waals surface area contributed by atoms with Gasteiger partial charge >= 0.3 is 14.4 Å².